The molecule has 0 saturated heterocycles. The second-order valence-corrected chi connectivity index (χ2v) is 4.76. The second kappa shape index (κ2) is 7.86. The molecule has 0 spiro atoms. The maximum Gasteiger partial charge on any atom is 0.243 e. The Labute approximate surface area is 121 Å². The van der Waals surface area contributed by atoms with Crippen molar-refractivity contribution >= 4 is 46.6 Å². The SMILES string of the molecule is COCC(N)C(=O)Nc1ccc(I)cc1C.Cl. The Morgan fingerprint density at radius 2 is 2.24 bits per heavy atom. The molecule has 1 amide bonds. The molecule has 17 heavy (non-hydrogen) atoms. The summed E-state index contributed by atoms with van der Waals surface area (Å²) in [6.07, 6.45) is 0. The average molecular weight is 371 g/mol. The van der Waals surface area contributed by atoms with Crippen molar-refractivity contribution in [1.29, 1.82) is 0 Å². The Hall–Kier alpha value is -0.370. The van der Waals surface area contributed by atoms with Crippen LogP contribution < -0.4 is 11.1 Å². The van der Waals surface area contributed by atoms with Gasteiger partial charge in [0.25, 0.3) is 0 Å². The predicted molar refractivity (Wildman–Crippen MR) is 79.6 cm³/mol. The van der Waals surface area contributed by atoms with Gasteiger partial charge in [-0.3, -0.25) is 4.79 Å². The first-order valence-corrected chi connectivity index (χ1v) is 5.94. The molecule has 1 aromatic carbocycles. The average Bonchev–Trinajstić information content (AvgIpc) is 2.22. The number of benzene rings is 1. The molecule has 0 saturated carbocycles. The van der Waals surface area contributed by atoms with Crippen LogP contribution in [0.5, 0.6) is 0 Å². The molecule has 0 radical (unpaired) electrons. The quantitative estimate of drug-likeness (QED) is 0.796. The van der Waals surface area contributed by atoms with E-state index in [0.29, 0.717) is 0 Å². The van der Waals surface area contributed by atoms with Crippen molar-refractivity contribution in [2.24, 2.45) is 5.73 Å². The molecule has 1 atom stereocenters. The minimum absolute atomic E-state index is 0. The van der Waals surface area contributed by atoms with Crippen molar-refractivity contribution in [3.63, 3.8) is 0 Å². The van der Waals surface area contributed by atoms with E-state index >= 15 is 0 Å². The highest BCUT2D eigenvalue weighted by molar-refractivity contribution is 14.1. The van der Waals surface area contributed by atoms with Crippen molar-refractivity contribution in [2.45, 2.75) is 13.0 Å². The summed E-state index contributed by atoms with van der Waals surface area (Å²) < 4.78 is 5.96. The monoisotopic (exact) mass is 370 g/mol. The van der Waals surface area contributed by atoms with E-state index in [1.165, 1.54) is 7.11 Å². The number of methoxy groups -OCH3 is 1. The zero-order valence-corrected chi connectivity index (χ0v) is 12.7. The van der Waals surface area contributed by atoms with Gasteiger partial charge in [-0.15, -0.1) is 12.4 Å². The number of carbonyl (C=O) groups is 1. The molecule has 6 heteroatoms. The zero-order valence-electron chi connectivity index (χ0n) is 9.70. The first-order valence-electron chi connectivity index (χ1n) is 4.86. The van der Waals surface area contributed by atoms with Crippen LogP contribution in [0.3, 0.4) is 0 Å². The third kappa shape index (κ3) is 5.20. The molecule has 0 heterocycles. The fraction of sp³-hybridized carbons (Fsp3) is 0.364. The highest BCUT2D eigenvalue weighted by Crippen LogP contribution is 2.17. The van der Waals surface area contributed by atoms with Crippen LogP contribution in [0.1, 0.15) is 5.56 Å². The summed E-state index contributed by atoms with van der Waals surface area (Å²) in [5.41, 5.74) is 7.42. The number of hydrogen-bond donors (Lipinski definition) is 2. The van der Waals surface area contributed by atoms with Gasteiger partial charge in [-0.05, 0) is 53.3 Å². The van der Waals surface area contributed by atoms with Crippen molar-refractivity contribution in [2.75, 3.05) is 19.0 Å². The number of anilines is 1. The van der Waals surface area contributed by atoms with Gasteiger partial charge in [0.15, 0.2) is 0 Å². The van der Waals surface area contributed by atoms with Crippen molar-refractivity contribution < 1.29 is 9.53 Å². The van der Waals surface area contributed by atoms with Crippen molar-refractivity contribution in [3.8, 4) is 0 Å². The highest BCUT2D eigenvalue weighted by atomic mass is 127. The van der Waals surface area contributed by atoms with Crippen LogP contribution in [0.15, 0.2) is 18.2 Å². The first-order chi connectivity index (χ1) is 7.54. The molecular weight excluding hydrogens is 354 g/mol. The number of aryl methyl sites for hydroxylation is 1. The fourth-order valence-electron chi connectivity index (χ4n) is 1.25. The van der Waals surface area contributed by atoms with Gasteiger partial charge >= 0.3 is 0 Å². The van der Waals surface area contributed by atoms with Crippen LogP contribution in [-0.2, 0) is 9.53 Å². The molecule has 0 aliphatic rings. The van der Waals surface area contributed by atoms with E-state index in [2.05, 4.69) is 27.9 Å². The van der Waals surface area contributed by atoms with Gasteiger partial charge in [0.05, 0.1) is 6.61 Å². The Bertz CT molecular complexity index is 388. The van der Waals surface area contributed by atoms with Crippen LogP contribution in [-0.4, -0.2) is 25.7 Å². The van der Waals surface area contributed by atoms with Gasteiger partial charge in [0, 0.05) is 16.4 Å². The van der Waals surface area contributed by atoms with Crippen LogP contribution in [0.2, 0.25) is 0 Å². The molecule has 96 valence electrons. The van der Waals surface area contributed by atoms with Gasteiger partial charge in [-0.1, -0.05) is 0 Å². The summed E-state index contributed by atoms with van der Waals surface area (Å²) in [5.74, 6) is -0.230. The van der Waals surface area contributed by atoms with E-state index in [-0.39, 0.29) is 24.9 Å². The van der Waals surface area contributed by atoms with Gasteiger partial charge in [-0.2, -0.15) is 0 Å². The standard InChI is InChI=1S/C11H15IN2O2.ClH/c1-7-5-8(12)3-4-10(7)14-11(15)9(13)6-16-2;/h3-5,9H,6,13H2,1-2H3,(H,14,15);1H. The predicted octanol–water partition coefficient (Wildman–Crippen LogP) is 1.93. The van der Waals surface area contributed by atoms with Gasteiger partial charge < -0.3 is 15.8 Å². The molecule has 0 aromatic heterocycles. The third-order valence-corrected chi connectivity index (χ3v) is 2.80. The van der Waals surface area contributed by atoms with E-state index in [9.17, 15) is 4.79 Å². The number of nitrogens with two attached hydrogens (primary N) is 1. The van der Waals surface area contributed by atoms with Crippen LogP contribution in [0.4, 0.5) is 5.69 Å². The number of carbonyl (C=O) groups excluding carboxylic acids is 1. The maximum absolute atomic E-state index is 11.6. The topological polar surface area (TPSA) is 64.3 Å². The highest BCUT2D eigenvalue weighted by Gasteiger charge is 2.13. The molecule has 0 bridgehead atoms. The summed E-state index contributed by atoms with van der Waals surface area (Å²) in [7, 11) is 1.52. The lowest BCUT2D eigenvalue weighted by molar-refractivity contribution is -0.118. The summed E-state index contributed by atoms with van der Waals surface area (Å²) in [4.78, 5) is 11.6. The minimum Gasteiger partial charge on any atom is -0.383 e. The summed E-state index contributed by atoms with van der Waals surface area (Å²) in [5, 5.41) is 2.77. The van der Waals surface area contributed by atoms with E-state index in [4.69, 9.17) is 10.5 Å². The Kier molecular flexibility index (Phi) is 7.69. The van der Waals surface area contributed by atoms with Crippen LogP contribution in [0.25, 0.3) is 0 Å². The van der Waals surface area contributed by atoms with Crippen LogP contribution >= 0.6 is 35.0 Å². The lowest BCUT2D eigenvalue weighted by Gasteiger charge is -2.13. The molecule has 1 rings (SSSR count). The van der Waals surface area contributed by atoms with E-state index in [1.54, 1.807) is 0 Å². The normalized spacial score (nSPS) is 11.5. The fourth-order valence-corrected chi connectivity index (χ4v) is 1.89. The second-order valence-electron chi connectivity index (χ2n) is 3.51. The van der Waals surface area contributed by atoms with E-state index in [1.807, 2.05) is 25.1 Å². The molecule has 0 aliphatic heterocycles. The number of halogens is 2. The minimum atomic E-state index is -0.635. The summed E-state index contributed by atoms with van der Waals surface area (Å²) in [6.45, 7) is 2.16. The molecule has 3 N–H and O–H groups in total. The summed E-state index contributed by atoms with van der Waals surface area (Å²) in [6, 6.07) is 5.17. The van der Waals surface area contributed by atoms with Crippen molar-refractivity contribution in [3.05, 3.63) is 27.3 Å². The molecule has 0 fully saturated rings. The van der Waals surface area contributed by atoms with Crippen LogP contribution in [0, 0.1) is 10.5 Å². The smallest absolute Gasteiger partial charge is 0.243 e. The lowest BCUT2D eigenvalue weighted by Crippen LogP contribution is -2.39. The molecular formula is C11H16ClIN2O2. The molecule has 1 unspecified atom stereocenters. The molecule has 0 aliphatic carbocycles. The van der Waals surface area contributed by atoms with E-state index in [0.717, 1.165) is 14.8 Å². The Morgan fingerprint density at radius 1 is 1.59 bits per heavy atom. The van der Waals surface area contributed by atoms with Gasteiger partial charge in [0.2, 0.25) is 5.91 Å². The third-order valence-electron chi connectivity index (χ3n) is 2.13. The van der Waals surface area contributed by atoms with Crippen molar-refractivity contribution in [1.82, 2.24) is 0 Å². The zero-order chi connectivity index (χ0) is 12.1. The number of hydrogen-bond acceptors (Lipinski definition) is 3. The molecule has 1 aromatic rings. The maximum atomic E-state index is 11.6. The Balaban J connectivity index is 0.00000256. The first kappa shape index (κ1) is 16.6. The molecule has 4 nitrogen and oxygen atoms in total. The summed E-state index contributed by atoms with van der Waals surface area (Å²) >= 11 is 2.23. The van der Waals surface area contributed by atoms with Gasteiger partial charge in [-0.25, -0.2) is 0 Å². The Morgan fingerprint density at radius 3 is 2.76 bits per heavy atom. The number of rotatable bonds is 4. The number of amides is 1. The largest absolute Gasteiger partial charge is 0.383 e. The lowest BCUT2D eigenvalue weighted by atomic mass is 10.2. The van der Waals surface area contributed by atoms with Gasteiger partial charge in [0.1, 0.15) is 6.04 Å². The number of nitrogens with one attached hydrogen (secondary N) is 1. The van der Waals surface area contributed by atoms with E-state index < -0.39 is 6.04 Å². The number of ether oxygens (including phenoxy) is 1.